The molecule has 0 radical (unpaired) electrons. The summed E-state index contributed by atoms with van der Waals surface area (Å²) in [6.45, 7) is 1.52. The van der Waals surface area contributed by atoms with Gasteiger partial charge in [0, 0.05) is 37.1 Å². The summed E-state index contributed by atoms with van der Waals surface area (Å²) in [5.41, 5.74) is 1.28. The number of hydrogen-bond acceptors (Lipinski definition) is 5. The van der Waals surface area contributed by atoms with E-state index in [-0.39, 0.29) is 33.1 Å². The van der Waals surface area contributed by atoms with Crippen molar-refractivity contribution >= 4 is 61.3 Å². The highest BCUT2D eigenvalue weighted by molar-refractivity contribution is 7.89. The van der Waals surface area contributed by atoms with Gasteiger partial charge in [-0.05, 0) is 24.3 Å². The minimum absolute atomic E-state index is 0.00594. The second-order valence-electron chi connectivity index (χ2n) is 6.59. The molecule has 0 unspecified atom stereocenters. The number of piperazine rings is 1. The van der Waals surface area contributed by atoms with E-state index in [0.29, 0.717) is 24.3 Å². The van der Waals surface area contributed by atoms with Crippen molar-refractivity contribution in [1.29, 1.82) is 0 Å². The first-order chi connectivity index (χ1) is 14.3. The maximum atomic E-state index is 13.7. The molecule has 0 amide bonds. The Bertz CT molecular complexity index is 1200. The van der Waals surface area contributed by atoms with Crippen molar-refractivity contribution in [3.63, 3.8) is 0 Å². The first-order valence-corrected chi connectivity index (χ1v) is 12.3. The molecule has 0 saturated carbocycles. The smallest absolute Gasteiger partial charge is 0.244 e. The van der Waals surface area contributed by atoms with Gasteiger partial charge in [-0.15, -0.1) is 11.3 Å². The topological polar surface area (TPSA) is 53.5 Å². The average molecular weight is 507 g/mol. The molecule has 2 aromatic carbocycles. The first kappa shape index (κ1) is 21.8. The number of nitrogens with zero attached hydrogens (tertiary/aromatic N) is 3. The summed E-state index contributed by atoms with van der Waals surface area (Å²) in [4.78, 5) is 6.59. The van der Waals surface area contributed by atoms with Gasteiger partial charge in [-0.1, -0.05) is 46.9 Å². The third kappa shape index (κ3) is 4.17. The van der Waals surface area contributed by atoms with Crippen molar-refractivity contribution in [3.8, 4) is 11.3 Å². The van der Waals surface area contributed by atoms with E-state index in [9.17, 15) is 12.8 Å². The summed E-state index contributed by atoms with van der Waals surface area (Å²) in [6, 6.07) is 9.12. The molecule has 11 heteroatoms. The normalized spacial score (nSPS) is 15.5. The van der Waals surface area contributed by atoms with E-state index in [0.717, 1.165) is 5.13 Å². The minimum atomic E-state index is -3.75. The molecule has 1 aliphatic heterocycles. The SMILES string of the molecule is O=S(=O)(c1cccc(Cl)c1Cl)N1CCN(c2nc(-c3ccc(Cl)c(F)c3)cs2)CC1. The number of rotatable bonds is 4. The molecule has 3 aromatic rings. The van der Waals surface area contributed by atoms with Gasteiger partial charge in [0.2, 0.25) is 10.0 Å². The van der Waals surface area contributed by atoms with Crippen LogP contribution in [-0.4, -0.2) is 43.9 Å². The quantitative estimate of drug-likeness (QED) is 0.474. The first-order valence-electron chi connectivity index (χ1n) is 8.87. The molecular weight excluding hydrogens is 492 g/mol. The minimum Gasteiger partial charge on any atom is -0.345 e. The Balaban J connectivity index is 1.48. The van der Waals surface area contributed by atoms with Gasteiger partial charge < -0.3 is 4.90 Å². The van der Waals surface area contributed by atoms with Crippen molar-refractivity contribution in [2.24, 2.45) is 0 Å². The molecule has 1 fully saturated rings. The Morgan fingerprint density at radius 2 is 1.73 bits per heavy atom. The molecule has 4 rings (SSSR count). The largest absolute Gasteiger partial charge is 0.345 e. The summed E-state index contributed by atoms with van der Waals surface area (Å²) >= 11 is 19.2. The number of thiazole rings is 1. The van der Waals surface area contributed by atoms with Gasteiger partial charge in [-0.2, -0.15) is 4.31 Å². The Morgan fingerprint density at radius 3 is 2.43 bits per heavy atom. The number of halogens is 4. The second-order valence-corrected chi connectivity index (χ2v) is 10.5. The van der Waals surface area contributed by atoms with Crippen LogP contribution in [-0.2, 0) is 10.0 Å². The van der Waals surface area contributed by atoms with Gasteiger partial charge in [0.25, 0.3) is 0 Å². The number of aromatic nitrogens is 1. The zero-order chi connectivity index (χ0) is 21.5. The van der Waals surface area contributed by atoms with E-state index in [4.69, 9.17) is 34.8 Å². The van der Waals surface area contributed by atoms with Crippen molar-refractivity contribution < 1.29 is 12.8 Å². The molecule has 1 saturated heterocycles. The van der Waals surface area contributed by atoms with Crippen LogP contribution in [0.1, 0.15) is 0 Å². The molecule has 30 heavy (non-hydrogen) atoms. The van der Waals surface area contributed by atoms with Crippen LogP contribution >= 0.6 is 46.1 Å². The monoisotopic (exact) mass is 505 g/mol. The molecule has 0 bridgehead atoms. The van der Waals surface area contributed by atoms with Crippen LogP contribution in [0.2, 0.25) is 15.1 Å². The molecule has 5 nitrogen and oxygen atoms in total. The van der Waals surface area contributed by atoms with Gasteiger partial charge in [0.1, 0.15) is 10.7 Å². The lowest BCUT2D eigenvalue weighted by atomic mass is 10.2. The predicted molar refractivity (Wildman–Crippen MR) is 120 cm³/mol. The van der Waals surface area contributed by atoms with Crippen molar-refractivity contribution in [1.82, 2.24) is 9.29 Å². The Hall–Kier alpha value is -1.42. The Kier molecular flexibility index (Phi) is 6.25. The van der Waals surface area contributed by atoms with Gasteiger partial charge >= 0.3 is 0 Å². The zero-order valence-corrected chi connectivity index (χ0v) is 19.3. The van der Waals surface area contributed by atoms with Gasteiger partial charge in [0.05, 0.1) is 20.8 Å². The zero-order valence-electron chi connectivity index (χ0n) is 15.4. The van der Waals surface area contributed by atoms with Crippen LogP contribution in [0.25, 0.3) is 11.3 Å². The average Bonchev–Trinajstić information content (AvgIpc) is 3.22. The maximum Gasteiger partial charge on any atom is 0.244 e. The molecule has 2 heterocycles. The van der Waals surface area contributed by atoms with Gasteiger partial charge in [0.15, 0.2) is 5.13 Å². The molecule has 0 aliphatic carbocycles. The fourth-order valence-corrected chi connectivity index (χ4v) is 6.30. The van der Waals surface area contributed by atoms with Crippen molar-refractivity contribution in [2.75, 3.05) is 31.1 Å². The highest BCUT2D eigenvalue weighted by Gasteiger charge is 2.31. The van der Waals surface area contributed by atoms with Crippen LogP contribution < -0.4 is 4.90 Å². The molecule has 0 spiro atoms. The summed E-state index contributed by atoms with van der Waals surface area (Å²) < 4.78 is 41.0. The fraction of sp³-hybridized carbons (Fsp3) is 0.211. The summed E-state index contributed by atoms with van der Waals surface area (Å²) in [6.07, 6.45) is 0. The molecule has 0 atom stereocenters. The maximum absolute atomic E-state index is 13.7. The lowest BCUT2D eigenvalue weighted by Gasteiger charge is -2.34. The van der Waals surface area contributed by atoms with Crippen LogP contribution in [0, 0.1) is 5.82 Å². The van der Waals surface area contributed by atoms with E-state index < -0.39 is 15.8 Å². The summed E-state index contributed by atoms with van der Waals surface area (Å²) in [7, 11) is -3.75. The second kappa shape index (κ2) is 8.61. The Morgan fingerprint density at radius 1 is 1.00 bits per heavy atom. The van der Waals surface area contributed by atoms with Crippen molar-refractivity contribution in [3.05, 3.63) is 62.7 Å². The predicted octanol–water partition coefficient (Wildman–Crippen LogP) is 5.42. The highest BCUT2D eigenvalue weighted by atomic mass is 35.5. The molecule has 1 aliphatic rings. The highest BCUT2D eigenvalue weighted by Crippen LogP contribution is 2.33. The molecule has 1 aromatic heterocycles. The number of benzene rings is 2. The van der Waals surface area contributed by atoms with Crippen molar-refractivity contribution in [2.45, 2.75) is 4.90 Å². The third-order valence-electron chi connectivity index (χ3n) is 4.75. The van der Waals surface area contributed by atoms with Crippen LogP contribution in [0.15, 0.2) is 46.7 Å². The van der Waals surface area contributed by atoms with Crippen LogP contribution in [0.5, 0.6) is 0 Å². The lowest BCUT2D eigenvalue weighted by molar-refractivity contribution is 0.385. The van der Waals surface area contributed by atoms with E-state index in [2.05, 4.69) is 4.98 Å². The number of anilines is 1. The van der Waals surface area contributed by atoms with E-state index in [1.807, 2.05) is 10.3 Å². The third-order valence-corrected chi connectivity index (χ3v) is 8.83. The van der Waals surface area contributed by atoms with Crippen LogP contribution in [0.3, 0.4) is 0 Å². The van der Waals surface area contributed by atoms with E-state index >= 15 is 0 Å². The summed E-state index contributed by atoms with van der Waals surface area (Å²) in [5, 5.41) is 2.88. The van der Waals surface area contributed by atoms with Crippen LogP contribution in [0.4, 0.5) is 9.52 Å². The molecule has 0 N–H and O–H groups in total. The lowest BCUT2D eigenvalue weighted by Crippen LogP contribution is -2.48. The van der Waals surface area contributed by atoms with Gasteiger partial charge in [-0.3, -0.25) is 0 Å². The number of hydrogen-bond donors (Lipinski definition) is 0. The van der Waals surface area contributed by atoms with E-state index in [1.54, 1.807) is 18.2 Å². The summed E-state index contributed by atoms with van der Waals surface area (Å²) in [5.74, 6) is -0.498. The number of sulfonamides is 1. The Labute approximate surface area is 192 Å². The van der Waals surface area contributed by atoms with Gasteiger partial charge in [-0.25, -0.2) is 17.8 Å². The van der Waals surface area contributed by atoms with E-state index in [1.165, 1.54) is 33.8 Å². The fourth-order valence-electron chi connectivity index (χ4n) is 3.14. The standard InChI is InChI=1S/C19H15Cl3FN3O2S2/c20-13-5-4-12(10-15(13)23)16-11-29-19(24-16)25-6-8-26(9-7-25)30(27,28)17-3-1-2-14(21)18(17)22/h1-5,10-11H,6-9H2. The molecular formula is C19H15Cl3FN3O2S2. The molecule has 158 valence electrons.